The second-order valence-electron chi connectivity index (χ2n) is 11.2. The fourth-order valence-corrected chi connectivity index (χ4v) is 5.90. The minimum absolute atomic E-state index is 0.0602. The van der Waals surface area contributed by atoms with E-state index in [1.165, 1.54) is 7.11 Å². The molecule has 0 saturated carbocycles. The zero-order valence-corrected chi connectivity index (χ0v) is 24.1. The predicted octanol–water partition coefficient (Wildman–Crippen LogP) is 3.90. The number of hydrogen-bond acceptors (Lipinski definition) is 6. The van der Waals surface area contributed by atoms with Crippen molar-refractivity contribution in [3.8, 4) is 5.75 Å². The molecule has 0 radical (unpaired) electrons. The number of hydrogen-bond donors (Lipinski definition) is 3. The number of methoxy groups -OCH3 is 2. The van der Waals surface area contributed by atoms with Gasteiger partial charge in [-0.2, -0.15) is 0 Å². The number of ether oxygens (including phenoxy) is 2. The number of aromatic nitrogens is 2. The number of para-hydroxylation sites is 1. The smallest absolute Gasteiger partial charge is 0.256 e. The standard InChI is InChI=1S/C30H42N4O5/c1-18-16-25(38-6)23(27(35)32-18)17-31-28(36)26-20(3)34(24-11-9-8-10-22(24)26)19(2)21-12-14-33(15-13-21)29(37)30(4,5)39-7/h8-11,16,19,21,29,37H,12-15,17H2,1-7H3,(H,31,36)(H,32,35)/t19-,29?/m1/s1. The molecule has 4 rings (SSSR count). The number of nitrogens with one attached hydrogen (secondary N) is 2. The molecule has 1 saturated heterocycles. The van der Waals surface area contributed by atoms with Crippen LogP contribution in [0.3, 0.4) is 0 Å². The van der Waals surface area contributed by atoms with Crippen molar-refractivity contribution in [3.63, 3.8) is 0 Å². The van der Waals surface area contributed by atoms with Gasteiger partial charge in [-0.3, -0.25) is 14.5 Å². The summed E-state index contributed by atoms with van der Waals surface area (Å²) in [6, 6.07) is 9.89. The highest BCUT2D eigenvalue weighted by Crippen LogP contribution is 2.36. The number of carbonyl (C=O) groups is 1. The Bertz CT molecular complexity index is 1380. The van der Waals surface area contributed by atoms with E-state index in [4.69, 9.17) is 9.47 Å². The third-order valence-electron chi connectivity index (χ3n) is 8.42. The first-order valence-corrected chi connectivity index (χ1v) is 13.6. The van der Waals surface area contributed by atoms with Crippen molar-refractivity contribution in [2.24, 2.45) is 5.92 Å². The number of pyridine rings is 1. The van der Waals surface area contributed by atoms with Gasteiger partial charge in [0.15, 0.2) is 0 Å². The molecule has 9 nitrogen and oxygen atoms in total. The molecular weight excluding hydrogens is 496 g/mol. The Balaban J connectivity index is 1.57. The minimum Gasteiger partial charge on any atom is -0.496 e. The summed E-state index contributed by atoms with van der Waals surface area (Å²) in [6.07, 6.45) is 1.20. The Kier molecular flexibility index (Phi) is 8.54. The van der Waals surface area contributed by atoms with Crippen LogP contribution in [0.15, 0.2) is 35.1 Å². The Morgan fingerprint density at radius 2 is 1.87 bits per heavy atom. The van der Waals surface area contributed by atoms with E-state index in [2.05, 4.69) is 32.8 Å². The molecule has 39 heavy (non-hydrogen) atoms. The van der Waals surface area contributed by atoms with Crippen LogP contribution in [0.4, 0.5) is 0 Å². The van der Waals surface area contributed by atoms with Gasteiger partial charge in [0.25, 0.3) is 11.5 Å². The van der Waals surface area contributed by atoms with Crippen LogP contribution < -0.4 is 15.6 Å². The average molecular weight is 539 g/mol. The number of piperidine rings is 1. The fraction of sp³-hybridized carbons (Fsp3) is 0.533. The number of fused-ring (bicyclic) bond motifs is 1. The van der Waals surface area contributed by atoms with Gasteiger partial charge in [0.1, 0.15) is 17.6 Å². The van der Waals surface area contributed by atoms with Gasteiger partial charge < -0.3 is 29.4 Å². The highest BCUT2D eigenvalue weighted by atomic mass is 16.5. The summed E-state index contributed by atoms with van der Waals surface area (Å²) in [5.74, 6) is 0.617. The number of nitrogens with zero attached hydrogens (tertiary/aromatic N) is 2. The van der Waals surface area contributed by atoms with E-state index in [1.54, 1.807) is 20.1 Å². The van der Waals surface area contributed by atoms with Crippen LogP contribution in [0.2, 0.25) is 0 Å². The number of aliphatic hydroxyl groups is 1. The van der Waals surface area contributed by atoms with Crippen molar-refractivity contribution in [2.75, 3.05) is 27.3 Å². The predicted molar refractivity (Wildman–Crippen MR) is 152 cm³/mol. The van der Waals surface area contributed by atoms with E-state index in [0.717, 1.165) is 42.5 Å². The van der Waals surface area contributed by atoms with E-state index in [1.807, 2.05) is 39.0 Å². The van der Waals surface area contributed by atoms with Crippen molar-refractivity contribution in [2.45, 2.75) is 71.9 Å². The molecule has 1 amide bonds. The molecule has 2 aromatic heterocycles. The summed E-state index contributed by atoms with van der Waals surface area (Å²) in [5.41, 5.74) is 2.70. The second kappa shape index (κ2) is 11.5. The molecule has 1 fully saturated rings. The molecule has 1 aromatic carbocycles. The van der Waals surface area contributed by atoms with Crippen LogP contribution in [0.1, 0.15) is 67.0 Å². The normalized spacial score (nSPS) is 16.8. The topological polar surface area (TPSA) is 109 Å². The molecule has 212 valence electrons. The molecule has 0 aliphatic carbocycles. The largest absolute Gasteiger partial charge is 0.496 e. The summed E-state index contributed by atoms with van der Waals surface area (Å²) in [5, 5.41) is 14.7. The fourth-order valence-electron chi connectivity index (χ4n) is 5.90. The van der Waals surface area contributed by atoms with E-state index < -0.39 is 11.8 Å². The van der Waals surface area contributed by atoms with Crippen LogP contribution in [-0.2, 0) is 11.3 Å². The van der Waals surface area contributed by atoms with Gasteiger partial charge in [0.2, 0.25) is 0 Å². The molecule has 1 unspecified atom stereocenters. The van der Waals surface area contributed by atoms with Gasteiger partial charge in [-0.25, -0.2) is 0 Å². The molecule has 3 N–H and O–H groups in total. The maximum Gasteiger partial charge on any atom is 0.256 e. The van der Waals surface area contributed by atoms with Crippen LogP contribution in [0.25, 0.3) is 10.9 Å². The monoisotopic (exact) mass is 538 g/mol. The lowest BCUT2D eigenvalue weighted by Gasteiger charge is -2.42. The van der Waals surface area contributed by atoms with Crippen LogP contribution in [0.5, 0.6) is 5.75 Å². The lowest BCUT2D eigenvalue weighted by molar-refractivity contribution is -0.155. The number of aryl methyl sites for hydroxylation is 1. The second-order valence-corrected chi connectivity index (χ2v) is 11.2. The summed E-state index contributed by atoms with van der Waals surface area (Å²) in [7, 11) is 3.14. The first-order chi connectivity index (χ1) is 18.5. The van der Waals surface area contributed by atoms with E-state index in [-0.39, 0.29) is 24.1 Å². The maximum absolute atomic E-state index is 13.6. The van der Waals surface area contributed by atoms with Gasteiger partial charge in [-0.15, -0.1) is 0 Å². The lowest BCUT2D eigenvalue weighted by atomic mass is 9.89. The molecule has 1 aliphatic heterocycles. The molecule has 3 aromatic rings. The Hall–Kier alpha value is -3.14. The zero-order valence-electron chi connectivity index (χ0n) is 24.1. The molecule has 0 spiro atoms. The Morgan fingerprint density at radius 1 is 1.21 bits per heavy atom. The quantitative estimate of drug-likeness (QED) is 0.381. The van der Waals surface area contributed by atoms with E-state index >= 15 is 0 Å². The number of carbonyl (C=O) groups excluding carboxylic acids is 1. The summed E-state index contributed by atoms with van der Waals surface area (Å²) < 4.78 is 13.2. The Labute approximate surface area is 230 Å². The van der Waals surface area contributed by atoms with Crippen molar-refractivity contribution in [3.05, 3.63) is 63.2 Å². The molecule has 0 bridgehead atoms. The highest BCUT2D eigenvalue weighted by Gasteiger charge is 2.36. The number of rotatable bonds is 9. The van der Waals surface area contributed by atoms with Gasteiger partial charge in [-0.05, 0) is 65.5 Å². The van der Waals surface area contributed by atoms with Crippen LogP contribution >= 0.6 is 0 Å². The van der Waals surface area contributed by atoms with Crippen molar-refractivity contribution < 1.29 is 19.4 Å². The maximum atomic E-state index is 13.6. The number of aromatic amines is 1. The average Bonchev–Trinajstić information content (AvgIpc) is 3.22. The molecule has 2 atom stereocenters. The number of aliphatic hydroxyl groups excluding tert-OH is 1. The van der Waals surface area contributed by atoms with Gasteiger partial charge >= 0.3 is 0 Å². The lowest BCUT2D eigenvalue weighted by Crippen LogP contribution is -2.53. The van der Waals surface area contributed by atoms with Crippen molar-refractivity contribution >= 4 is 16.8 Å². The third-order valence-corrected chi connectivity index (χ3v) is 8.42. The molecular formula is C30H42N4O5. The Morgan fingerprint density at radius 3 is 2.51 bits per heavy atom. The summed E-state index contributed by atoms with van der Waals surface area (Å²) >= 11 is 0. The zero-order chi connectivity index (χ0) is 28.5. The number of amides is 1. The first kappa shape index (κ1) is 28.9. The minimum atomic E-state index is -0.664. The van der Waals surface area contributed by atoms with E-state index in [9.17, 15) is 14.7 Å². The van der Waals surface area contributed by atoms with Crippen LogP contribution in [0, 0.1) is 19.8 Å². The number of H-pyrrole nitrogens is 1. The van der Waals surface area contributed by atoms with Gasteiger partial charge in [0.05, 0.1) is 24.8 Å². The third kappa shape index (κ3) is 5.62. The number of benzene rings is 1. The highest BCUT2D eigenvalue weighted by molar-refractivity contribution is 6.08. The first-order valence-electron chi connectivity index (χ1n) is 13.6. The van der Waals surface area contributed by atoms with Crippen LogP contribution in [-0.4, -0.2) is 64.6 Å². The van der Waals surface area contributed by atoms with Crippen molar-refractivity contribution in [1.29, 1.82) is 0 Å². The van der Waals surface area contributed by atoms with Gasteiger partial charge in [-0.1, -0.05) is 18.2 Å². The molecule has 3 heterocycles. The molecule has 1 aliphatic rings. The summed E-state index contributed by atoms with van der Waals surface area (Å²) in [6.45, 7) is 11.4. The van der Waals surface area contributed by atoms with Crippen molar-refractivity contribution in [1.82, 2.24) is 19.8 Å². The molecule has 9 heteroatoms. The number of likely N-dealkylation sites (tertiary alicyclic amines) is 1. The SMILES string of the molecule is COc1cc(C)[nH]c(=O)c1CNC(=O)c1c(C)n([C@H](C)C2CCN(C(O)C(C)(C)OC)CC2)c2ccccc12. The summed E-state index contributed by atoms with van der Waals surface area (Å²) in [4.78, 5) is 31.0. The van der Waals surface area contributed by atoms with Gasteiger partial charge in [0, 0.05) is 48.5 Å². The van der Waals surface area contributed by atoms with E-state index in [0.29, 0.717) is 28.5 Å².